The predicted octanol–water partition coefficient (Wildman–Crippen LogP) is 5.52. The number of aromatic nitrogens is 1. The van der Waals surface area contributed by atoms with Gasteiger partial charge in [0.15, 0.2) is 5.11 Å². The van der Waals surface area contributed by atoms with Crippen molar-refractivity contribution in [2.24, 2.45) is 0 Å². The molecule has 0 spiro atoms. The van der Waals surface area contributed by atoms with Crippen LogP contribution in [0.25, 0.3) is 5.57 Å². The maximum atomic E-state index is 7.03. The quantitative estimate of drug-likeness (QED) is 0.579. The molecule has 1 aromatic carbocycles. The first-order valence-corrected chi connectivity index (χ1v) is 12.4. The van der Waals surface area contributed by atoms with Gasteiger partial charge < -0.3 is 19.9 Å². The van der Waals surface area contributed by atoms with Gasteiger partial charge in [0.05, 0.1) is 29.4 Å². The molecule has 3 unspecified atom stereocenters. The summed E-state index contributed by atoms with van der Waals surface area (Å²) < 4.78 is 5.97. The number of likely N-dealkylation sites (N-methyl/N-ethyl adjacent to an activating group) is 1. The van der Waals surface area contributed by atoms with Crippen LogP contribution in [0.5, 0.6) is 0 Å². The molecule has 5 rings (SSSR count). The number of fused-ring (bicyclic) bond motifs is 1. The summed E-state index contributed by atoms with van der Waals surface area (Å²) in [6, 6.07) is 10.2. The Balaban J connectivity index is 1.61. The lowest BCUT2D eigenvalue weighted by Gasteiger charge is -2.41. The number of ether oxygens (including phenoxy) is 1. The second kappa shape index (κ2) is 8.57. The summed E-state index contributed by atoms with van der Waals surface area (Å²) in [4.78, 5) is 9.21. The predicted molar refractivity (Wildman–Crippen MR) is 139 cm³/mol. The Kier molecular flexibility index (Phi) is 5.88. The van der Waals surface area contributed by atoms with Crippen LogP contribution in [0.1, 0.15) is 62.5 Å². The Bertz CT molecular complexity index is 1100. The van der Waals surface area contributed by atoms with Gasteiger partial charge in [-0.1, -0.05) is 23.7 Å². The minimum absolute atomic E-state index is 0.0672. The molecule has 2 aromatic rings. The number of nitrogens with zero attached hydrogens (tertiary/aromatic N) is 3. The molecule has 3 aliphatic rings. The lowest BCUT2D eigenvalue weighted by molar-refractivity contribution is 0.0842. The van der Waals surface area contributed by atoms with Crippen LogP contribution in [0.15, 0.2) is 42.6 Å². The summed E-state index contributed by atoms with van der Waals surface area (Å²) in [5.41, 5.74) is 5.59. The van der Waals surface area contributed by atoms with Crippen LogP contribution >= 0.6 is 23.8 Å². The minimum atomic E-state index is -0.0855. The van der Waals surface area contributed by atoms with E-state index < -0.39 is 0 Å². The average Bonchev–Trinajstić information content (AvgIpc) is 3.41. The van der Waals surface area contributed by atoms with Gasteiger partial charge in [-0.15, -0.1) is 0 Å². The van der Waals surface area contributed by atoms with Gasteiger partial charge >= 0.3 is 0 Å². The van der Waals surface area contributed by atoms with Crippen LogP contribution in [0.4, 0.5) is 5.69 Å². The molecule has 33 heavy (non-hydrogen) atoms. The zero-order chi connectivity index (χ0) is 23.3. The first-order valence-electron chi connectivity index (χ1n) is 11.6. The molecule has 7 heteroatoms. The summed E-state index contributed by atoms with van der Waals surface area (Å²) in [5, 5.41) is 5.02. The van der Waals surface area contributed by atoms with Crippen LogP contribution in [-0.4, -0.2) is 46.8 Å². The number of rotatable bonds is 4. The number of anilines is 1. The normalized spacial score (nSPS) is 26.3. The van der Waals surface area contributed by atoms with Crippen molar-refractivity contribution < 1.29 is 4.74 Å². The number of allylic oxidation sites excluding steroid dienone is 1. The van der Waals surface area contributed by atoms with E-state index >= 15 is 0 Å². The van der Waals surface area contributed by atoms with Crippen molar-refractivity contribution in [1.82, 2.24) is 15.2 Å². The van der Waals surface area contributed by atoms with Crippen molar-refractivity contribution in [3.05, 3.63) is 64.4 Å². The summed E-state index contributed by atoms with van der Waals surface area (Å²) in [6.45, 7) is 8.19. The van der Waals surface area contributed by atoms with Gasteiger partial charge in [-0.2, -0.15) is 0 Å². The first-order chi connectivity index (χ1) is 15.8. The number of hydrogen-bond acceptors (Lipinski definition) is 4. The van der Waals surface area contributed by atoms with Crippen LogP contribution in [0.2, 0.25) is 5.02 Å². The van der Waals surface area contributed by atoms with Crippen LogP contribution in [0, 0.1) is 0 Å². The fourth-order valence-corrected chi connectivity index (χ4v) is 5.95. The lowest BCUT2D eigenvalue weighted by Crippen LogP contribution is -2.42. The number of halogens is 1. The third-order valence-electron chi connectivity index (χ3n) is 7.28. The summed E-state index contributed by atoms with van der Waals surface area (Å²) in [7, 11) is 2.13. The lowest BCUT2D eigenvalue weighted by atomic mass is 9.86. The Hall–Kier alpha value is -2.15. The molecule has 2 fully saturated rings. The number of hydrogen-bond donors (Lipinski definition) is 1. The molecule has 4 heterocycles. The van der Waals surface area contributed by atoms with E-state index in [1.807, 2.05) is 18.3 Å². The van der Waals surface area contributed by atoms with Gasteiger partial charge in [0.25, 0.3) is 0 Å². The minimum Gasteiger partial charge on any atom is -0.376 e. The van der Waals surface area contributed by atoms with E-state index in [2.05, 4.69) is 72.2 Å². The fraction of sp³-hybridized carbons (Fsp3) is 0.462. The molecular formula is C26H31ClN4OS. The summed E-state index contributed by atoms with van der Waals surface area (Å²) in [5.74, 6) is 0. The molecule has 1 aromatic heterocycles. The zero-order valence-corrected chi connectivity index (χ0v) is 21.2. The molecule has 3 atom stereocenters. The molecule has 3 aliphatic heterocycles. The molecule has 1 N–H and O–H groups in total. The topological polar surface area (TPSA) is 40.6 Å². The van der Waals surface area contributed by atoms with E-state index in [-0.39, 0.29) is 23.7 Å². The van der Waals surface area contributed by atoms with E-state index in [0.29, 0.717) is 0 Å². The van der Waals surface area contributed by atoms with Crippen molar-refractivity contribution in [3.8, 4) is 0 Å². The third kappa shape index (κ3) is 4.02. The largest absolute Gasteiger partial charge is 0.376 e. The monoisotopic (exact) mass is 482 g/mol. The molecule has 0 aliphatic carbocycles. The van der Waals surface area contributed by atoms with Gasteiger partial charge in [-0.3, -0.25) is 4.98 Å². The standard InChI is InChI=1S/C26H31ClN4OS/c1-16-14-26(2,3)30(4)22-13-20(27)19(12-18(16)22)24-23(21-9-5-6-10-28-21)29-25(33)31(24)15-17-8-7-11-32-17/h5-6,9-10,12-14,17,23-24H,7-8,11,15H2,1-4H3,(H,29,33). The SMILES string of the molecule is CC1=CC(C)(C)N(C)c2cc(Cl)c(C3C(c4ccccn4)NC(=S)N3CC3CCCO3)cc21. The van der Waals surface area contributed by atoms with E-state index in [1.54, 1.807) is 0 Å². The van der Waals surface area contributed by atoms with Crippen molar-refractivity contribution in [3.63, 3.8) is 0 Å². The highest BCUT2D eigenvalue weighted by atomic mass is 35.5. The second-order valence-electron chi connectivity index (χ2n) is 9.84. The number of thiocarbonyl (C=S) groups is 1. The molecule has 174 valence electrons. The van der Waals surface area contributed by atoms with E-state index in [4.69, 9.17) is 28.6 Å². The number of benzene rings is 1. The average molecular weight is 483 g/mol. The van der Waals surface area contributed by atoms with Crippen molar-refractivity contribution in [1.29, 1.82) is 0 Å². The number of pyridine rings is 1. The maximum Gasteiger partial charge on any atom is 0.170 e. The van der Waals surface area contributed by atoms with E-state index in [0.717, 1.165) is 53.1 Å². The molecule has 0 amide bonds. The van der Waals surface area contributed by atoms with Gasteiger partial charge in [0, 0.05) is 42.7 Å². The molecule has 0 saturated carbocycles. The van der Waals surface area contributed by atoms with Crippen LogP contribution in [-0.2, 0) is 4.74 Å². The highest BCUT2D eigenvalue weighted by molar-refractivity contribution is 7.80. The van der Waals surface area contributed by atoms with Gasteiger partial charge in [-0.05, 0) is 81.2 Å². The molecule has 2 saturated heterocycles. The first kappa shape index (κ1) is 22.6. The van der Waals surface area contributed by atoms with Crippen LogP contribution in [0.3, 0.4) is 0 Å². The van der Waals surface area contributed by atoms with Crippen molar-refractivity contribution >= 4 is 40.2 Å². The second-order valence-corrected chi connectivity index (χ2v) is 10.6. The number of nitrogens with one attached hydrogen (secondary N) is 1. The molecular weight excluding hydrogens is 452 g/mol. The van der Waals surface area contributed by atoms with Gasteiger partial charge in [0.2, 0.25) is 0 Å². The molecule has 0 bridgehead atoms. The third-order valence-corrected chi connectivity index (χ3v) is 7.96. The summed E-state index contributed by atoms with van der Waals surface area (Å²) in [6.07, 6.45) is 6.49. The Labute approximate surface area is 206 Å². The Morgan fingerprint density at radius 3 is 2.82 bits per heavy atom. The van der Waals surface area contributed by atoms with Crippen LogP contribution < -0.4 is 10.2 Å². The zero-order valence-electron chi connectivity index (χ0n) is 19.6. The highest BCUT2D eigenvalue weighted by Gasteiger charge is 2.42. The molecule has 5 nitrogen and oxygen atoms in total. The highest BCUT2D eigenvalue weighted by Crippen LogP contribution is 2.46. The maximum absolute atomic E-state index is 7.03. The fourth-order valence-electron chi connectivity index (χ4n) is 5.36. The smallest absolute Gasteiger partial charge is 0.170 e. The Morgan fingerprint density at radius 2 is 2.12 bits per heavy atom. The van der Waals surface area contributed by atoms with Crippen molar-refractivity contribution in [2.45, 2.75) is 57.3 Å². The molecule has 0 radical (unpaired) electrons. The Morgan fingerprint density at radius 1 is 1.30 bits per heavy atom. The van der Waals surface area contributed by atoms with E-state index in [1.165, 1.54) is 11.1 Å². The van der Waals surface area contributed by atoms with Gasteiger partial charge in [0.1, 0.15) is 0 Å². The van der Waals surface area contributed by atoms with Crippen molar-refractivity contribution in [2.75, 3.05) is 25.1 Å². The summed E-state index contributed by atoms with van der Waals surface area (Å²) >= 11 is 12.9. The van der Waals surface area contributed by atoms with Gasteiger partial charge in [-0.25, -0.2) is 0 Å². The van der Waals surface area contributed by atoms with E-state index in [9.17, 15) is 0 Å².